The van der Waals surface area contributed by atoms with E-state index >= 15 is 0 Å². The maximum atomic E-state index is 10.1. The molecule has 0 atom stereocenters. The summed E-state index contributed by atoms with van der Waals surface area (Å²) in [6.07, 6.45) is 7.02. The second-order valence-electron chi connectivity index (χ2n) is 3.86. The lowest BCUT2D eigenvalue weighted by molar-refractivity contribution is -0.107. The zero-order valence-electron chi connectivity index (χ0n) is 9.22. The fourth-order valence-corrected chi connectivity index (χ4v) is 2.12. The number of aryl methyl sites for hydroxylation is 1. The third-order valence-electron chi connectivity index (χ3n) is 2.53. The molecule has 0 N–H and O–H groups in total. The van der Waals surface area contributed by atoms with E-state index in [2.05, 4.69) is 0 Å². The SMILES string of the molecule is O=CCCCCCCc1ccc(Cl)cc1Cl. The topological polar surface area (TPSA) is 17.1 Å². The van der Waals surface area contributed by atoms with Crippen LogP contribution in [-0.4, -0.2) is 6.29 Å². The summed E-state index contributed by atoms with van der Waals surface area (Å²) >= 11 is 11.9. The molecule has 0 unspecified atom stereocenters. The minimum Gasteiger partial charge on any atom is -0.303 e. The van der Waals surface area contributed by atoms with Crippen molar-refractivity contribution in [3.63, 3.8) is 0 Å². The Morgan fingerprint density at radius 2 is 1.81 bits per heavy atom. The molecule has 0 aliphatic heterocycles. The van der Waals surface area contributed by atoms with Crippen LogP contribution in [0.5, 0.6) is 0 Å². The molecule has 0 saturated carbocycles. The molecule has 0 aromatic heterocycles. The summed E-state index contributed by atoms with van der Waals surface area (Å²) < 4.78 is 0. The zero-order valence-corrected chi connectivity index (χ0v) is 10.7. The first-order valence-electron chi connectivity index (χ1n) is 5.61. The van der Waals surface area contributed by atoms with Crippen LogP contribution in [0.1, 0.15) is 37.7 Å². The molecular weight excluding hydrogens is 243 g/mol. The van der Waals surface area contributed by atoms with Crippen LogP contribution < -0.4 is 0 Å². The molecule has 0 heterocycles. The highest BCUT2D eigenvalue weighted by molar-refractivity contribution is 6.35. The normalized spacial score (nSPS) is 10.4. The van der Waals surface area contributed by atoms with Gasteiger partial charge in [0.05, 0.1) is 0 Å². The molecule has 0 bridgehead atoms. The Balaban J connectivity index is 2.24. The van der Waals surface area contributed by atoms with Crippen molar-refractivity contribution < 1.29 is 4.79 Å². The summed E-state index contributed by atoms with van der Waals surface area (Å²) in [7, 11) is 0. The average molecular weight is 259 g/mol. The maximum Gasteiger partial charge on any atom is 0.119 e. The quantitative estimate of drug-likeness (QED) is 0.513. The van der Waals surface area contributed by atoms with Gasteiger partial charge in [0.2, 0.25) is 0 Å². The van der Waals surface area contributed by atoms with Gasteiger partial charge in [0.15, 0.2) is 0 Å². The molecule has 0 saturated heterocycles. The van der Waals surface area contributed by atoms with Crippen molar-refractivity contribution in [2.24, 2.45) is 0 Å². The largest absolute Gasteiger partial charge is 0.303 e. The van der Waals surface area contributed by atoms with Crippen molar-refractivity contribution in [1.82, 2.24) is 0 Å². The summed E-state index contributed by atoms with van der Waals surface area (Å²) in [5.41, 5.74) is 1.15. The van der Waals surface area contributed by atoms with Crippen molar-refractivity contribution in [2.45, 2.75) is 38.5 Å². The molecule has 0 fully saturated rings. The highest BCUT2D eigenvalue weighted by Crippen LogP contribution is 2.22. The van der Waals surface area contributed by atoms with Gasteiger partial charge in [0.1, 0.15) is 6.29 Å². The summed E-state index contributed by atoms with van der Waals surface area (Å²) in [6.45, 7) is 0. The molecule has 0 radical (unpaired) electrons. The van der Waals surface area contributed by atoms with E-state index in [4.69, 9.17) is 23.2 Å². The number of hydrogen-bond acceptors (Lipinski definition) is 1. The molecule has 0 aliphatic rings. The van der Waals surface area contributed by atoms with Crippen LogP contribution in [0, 0.1) is 0 Å². The van der Waals surface area contributed by atoms with Gasteiger partial charge in [-0.1, -0.05) is 42.1 Å². The van der Waals surface area contributed by atoms with Crippen LogP contribution in [0.3, 0.4) is 0 Å². The number of benzene rings is 1. The van der Waals surface area contributed by atoms with Gasteiger partial charge in [-0.05, 0) is 37.0 Å². The Kier molecular flexibility index (Phi) is 6.51. The van der Waals surface area contributed by atoms with E-state index in [-0.39, 0.29) is 0 Å². The fourth-order valence-electron chi connectivity index (χ4n) is 1.62. The van der Waals surface area contributed by atoms with E-state index < -0.39 is 0 Å². The number of carbonyl (C=O) groups is 1. The highest BCUT2D eigenvalue weighted by Gasteiger charge is 2.00. The van der Waals surface area contributed by atoms with Crippen LogP contribution >= 0.6 is 23.2 Å². The average Bonchev–Trinajstić information content (AvgIpc) is 2.26. The summed E-state index contributed by atoms with van der Waals surface area (Å²) in [5, 5.41) is 1.43. The third kappa shape index (κ3) is 5.00. The number of rotatable bonds is 7. The van der Waals surface area contributed by atoms with Crippen LogP contribution in [0.4, 0.5) is 0 Å². The minimum absolute atomic E-state index is 0.680. The van der Waals surface area contributed by atoms with Crippen molar-refractivity contribution in [1.29, 1.82) is 0 Å². The molecule has 0 amide bonds. The predicted octanol–water partition coefficient (Wildman–Crippen LogP) is 4.69. The Bertz CT molecular complexity index is 337. The summed E-state index contributed by atoms with van der Waals surface area (Å²) in [6, 6.07) is 5.64. The van der Waals surface area contributed by atoms with Crippen molar-refractivity contribution >= 4 is 29.5 Å². The first kappa shape index (κ1) is 13.5. The van der Waals surface area contributed by atoms with Crippen LogP contribution in [0.25, 0.3) is 0 Å². The third-order valence-corrected chi connectivity index (χ3v) is 3.12. The Morgan fingerprint density at radius 1 is 1.06 bits per heavy atom. The van der Waals surface area contributed by atoms with E-state index in [0.29, 0.717) is 11.4 Å². The fraction of sp³-hybridized carbons (Fsp3) is 0.462. The molecule has 0 aliphatic carbocycles. The van der Waals surface area contributed by atoms with Gasteiger partial charge < -0.3 is 4.79 Å². The molecule has 3 heteroatoms. The van der Waals surface area contributed by atoms with E-state index in [9.17, 15) is 4.79 Å². The Morgan fingerprint density at radius 3 is 2.50 bits per heavy atom. The van der Waals surface area contributed by atoms with E-state index in [1.807, 2.05) is 12.1 Å². The number of unbranched alkanes of at least 4 members (excludes halogenated alkanes) is 4. The molecule has 1 aromatic rings. The van der Waals surface area contributed by atoms with Gasteiger partial charge in [-0.25, -0.2) is 0 Å². The lowest BCUT2D eigenvalue weighted by atomic mass is 10.1. The second-order valence-corrected chi connectivity index (χ2v) is 4.70. The van der Waals surface area contributed by atoms with Gasteiger partial charge in [-0.2, -0.15) is 0 Å². The van der Waals surface area contributed by atoms with E-state index in [1.165, 1.54) is 0 Å². The first-order chi connectivity index (χ1) is 7.74. The molecule has 1 nitrogen and oxygen atoms in total. The number of carbonyl (C=O) groups excluding carboxylic acids is 1. The van der Waals surface area contributed by atoms with Crippen LogP contribution in [0.15, 0.2) is 18.2 Å². The van der Waals surface area contributed by atoms with Crippen LogP contribution in [-0.2, 0) is 11.2 Å². The first-order valence-corrected chi connectivity index (χ1v) is 6.37. The monoisotopic (exact) mass is 258 g/mol. The number of hydrogen-bond donors (Lipinski definition) is 0. The van der Waals surface area contributed by atoms with Gasteiger partial charge in [-0.15, -0.1) is 0 Å². The Hall–Kier alpha value is -0.530. The highest BCUT2D eigenvalue weighted by atomic mass is 35.5. The summed E-state index contributed by atoms with van der Waals surface area (Å²) in [5.74, 6) is 0. The maximum absolute atomic E-state index is 10.1. The van der Waals surface area contributed by atoms with E-state index in [0.717, 1.165) is 49.0 Å². The van der Waals surface area contributed by atoms with Gasteiger partial charge in [0.25, 0.3) is 0 Å². The molecule has 16 heavy (non-hydrogen) atoms. The van der Waals surface area contributed by atoms with E-state index in [1.54, 1.807) is 6.07 Å². The molecule has 1 aromatic carbocycles. The van der Waals surface area contributed by atoms with Gasteiger partial charge >= 0.3 is 0 Å². The zero-order chi connectivity index (χ0) is 11.8. The van der Waals surface area contributed by atoms with Crippen molar-refractivity contribution in [2.75, 3.05) is 0 Å². The lowest BCUT2D eigenvalue weighted by Gasteiger charge is -2.04. The lowest BCUT2D eigenvalue weighted by Crippen LogP contribution is -1.88. The van der Waals surface area contributed by atoms with Crippen molar-refractivity contribution in [3.8, 4) is 0 Å². The predicted molar refractivity (Wildman–Crippen MR) is 69.3 cm³/mol. The molecule has 1 rings (SSSR count). The van der Waals surface area contributed by atoms with Gasteiger partial charge in [-0.3, -0.25) is 0 Å². The van der Waals surface area contributed by atoms with Crippen molar-refractivity contribution in [3.05, 3.63) is 33.8 Å². The smallest absolute Gasteiger partial charge is 0.119 e. The molecule has 88 valence electrons. The number of aldehydes is 1. The van der Waals surface area contributed by atoms with Gasteiger partial charge in [0, 0.05) is 16.5 Å². The molecule has 0 spiro atoms. The van der Waals surface area contributed by atoms with Crippen LogP contribution in [0.2, 0.25) is 10.0 Å². The molecular formula is C13H16Cl2O. The summed E-state index contributed by atoms with van der Waals surface area (Å²) in [4.78, 5) is 10.1. The standard InChI is InChI=1S/C13H16Cl2O/c14-12-8-7-11(13(15)10-12)6-4-2-1-3-5-9-16/h7-10H,1-6H2. The Labute approximate surface area is 107 Å². The minimum atomic E-state index is 0.680. The number of halogens is 2. The second kappa shape index (κ2) is 7.70.